The summed E-state index contributed by atoms with van der Waals surface area (Å²) in [4.78, 5) is 19.5. The molecule has 0 spiro atoms. The van der Waals surface area contributed by atoms with Crippen LogP contribution in [0, 0.1) is 24.1 Å². The van der Waals surface area contributed by atoms with Crippen LogP contribution in [0.3, 0.4) is 0 Å². The number of rotatable bonds is 7. The Morgan fingerprint density at radius 2 is 1.78 bits per heavy atom. The third kappa shape index (κ3) is 7.71. The van der Waals surface area contributed by atoms with Gasteiger partial charge < -0.3 is 24.8 Å². The number of benzene rings is 3. The van der Waals surface area contributed by atoms with E-state index < -0.39 is 17.5 Å². The highest BCUT2D eigenvalue weighted by Gasteiger charge is 2.27. The highest BCUT2D eigenvalue weighted by molar-refractivity contribution is 5.87. The van der Waals surface area contributed by atoms with Gasteiger partial charge in [-0.05, 0) is 75.4 Å². The lowest BCUT2D eigenvalue weighted by molar-refractivity contribution is 0.0497. The number of amides is 1. The Bertz CT molecular complexity index is 1720. The largest absolute Gasteiger partial charge is 0.508 e. The van der Waals surface area contributed by atoms with Gasteiger partial charge in [-0.25, -0.2) is 14.2 Å². The molecule has 1 aliphatic rings. The first kappa shape index (κ1) is 31.3. The number of piperidine rings is 1. The molecule has 4 aromatic rings. The molecule has 1 aromatic heterocycles. The molecule has 1 aliphatic heterocycles. The molecule has 0 unspecified atom stereocenters. The molecular formula is C36H37FN4O4. The maximum Gasteiger partial charge on any atom is 0.407 e. The fourth-order valence-corrected chi connectivity index (χ4v) is 5.25. The molecule has 5 rings (SSSR count). The summed E-state index contributed by atoms with van der Waals surface area (Å²) in [5, 5.41) is 22.9. The second-order valence-corrected chi connectivity index (χ2v) is 12.2. The van der Waals surface area contributed by atoms with Gasteiger partial charge in [0.05, 0.1) is 16.8 Å². The Balaban J connectivity index is 1.56. The molecule has 0 radical (unpaired) electrons. The van der Waals surface area contributed by atoms with E-state index in [2.05, 4.69) is 10.2 Å². The van der Waals surface area contributed by atoms with Crippen LogP contribution < -0.4 is 15.0 Å². The van der Waals surface area contributed by atoms with Crippen LogP contribution in [0.25, 0.3) is 22.4 Å². The summed E-state index contributed by atoms with van der Waals surface area (Å²) in [7, 11) is 0. The lowest BCUT2D eigenvalue weighted by atomic mass is 9.96. The number of carbonyl (C=O) groups excluding carboxylic acids is 1. The summed E-state index contributed by atoms with van der Waals surface area (Å²) >= 11 is 0. The highest BCUT2D eigenvalue weighted by Crippen LogP contribution is 2.43. The zero-order valence-electron chi connectivity index (χ0n) is 25.9. The minimum Gasteiger partial charge on any atom is -0.508 e. The van der Waals surface area contributed by atoms with Crippen LogP contribution in [0.15, 0.2) is 72.8 Å². The number of pyridine rings is 1. The minimum atomic E-state index is -0.652. The number of phenolic OH excluding ortho intramolecular Hbond substituents is 1. The molecular weight excluding hydrogens is 571 g/mol. The van der Waals surface area contributed by atoms with Gasteiger partial charge in [0, 0.05) is 30.8 Å². The number of aryl methyl sites for hydroxylation is 1. The molecule has 0 atom stereocenters. The topological polar surface area (TPSA) is 108 Å². The molecule has 1 fully saturated rings. The summed E-state index contributed by atoms with van der Waals surface area (Å²) in [5.74, 6) is 0.609. The number of halogens is 1. The monoisotopic (exact) mass is 608 g/mol. The number of carbonyl (C=O) groups is 1. The third-order valence-electron chi connectivity index (χ3n) is 7.61. The van der Waals surface area contributed by atoms with Crippen LogP contribution in [0.5, 0.6) is 11.5 Å². The summed E-state index contributed by atoms with van der Waals surface area (Å²) in [6.07, 6.45) is 0.914. The average molecular weight is 609 g/mol. The number of nitrogens with zero attached hydrogens (tertiary/aromatic N) is 3. The Kier molecular flexibility index (Phi) is 9.24. The first-order chi connectivity index (χ1) is 21.5. The molecule has 9 heteroatoms. The van der Waals surface area contributed by atoms with Crippen molar-refractivity contribution in [1.82, 2.24) is 10.3 Å². The van der Waals surface area contributed by atoms with Crippen molar-refractivity contribution in [2.75, 3.05) is 18.0 Å². The number of phenols is 1. The Morgan fingerprint density at radius 1 is 1.07 bits per heavy atom. The SMILES string of the molecule is Cc1ccc(-c2c(OCc3ccccc3)cc(N3CCC(NC(=O)OC(C)(C)C)CC3)nc2-c2ccc(C#N)c(F)c2)cc1O. The second kappa shape index (κ2) is 13.3. The molecule has 2 heterocycles. The van der Waals surface area contributed by atoms with Crippen LogP contribution in [-0.4, -0.2) is 40.9 Å². The molecule has 0 aliphatic carbocycles. The molecule has 1 saturated heterocycles. The van der Waals surface area contributed by atoms with Gasteiger partial charge >= 0.3 is 6.09 Å². The number of nitriles is 1. The van der Waals surface area contributed by atoms with Gasteiger partial charge in [0.25, 0.3) is 0 Å². The molecule has 232 valence electrons. The summed E-state index contributed by atoms with van der Waals surface area (Å²) in [5.41, 5.74) is 3.20. The van der Waals surface area contributed by atoms with Gasteiger partial charge in [0.2, 0.25) is 0 Å². The number of aromatic nitrogens is 1. The van der Waals surface area contributed by atoms with Crippen molar-refractivity contribution < 1.29 is 23.8 Å². The fourth-order valence-electron chi connectivity index (χ4n) is 5.25. The van der Waals surface area contributed by atoms with E-state index in [4.69, 9.17) is 14.5 Å². The number of anilines is 1. The molecule has 1 amide bonds. The number of ether oxygens (including phenoxy) is 2. The standard InChI is InChI=1S/C36H37FN4O4/c1-23-10-11-25(19-30(23)42)33-31(44-22-24-8-6-5-7-9-24)20-32(40-34(33)26-12-13-27(21-38)29(37)18-26)41-16-14-28(15-17-41)39-35(43)45-36(2,3)4/h5-13,18-20,28,42H,14-17,22H2,1-4H3,(H,39,43). The minimum absolute atomic E-state index is 0.0493. The van der Waals surface area contributed by atoms with Gasteiger partial charge in [-0.15, -0.1) is 0 Å². The zero-order chi connectivity index (χ0) is 32.1. The molecule has 2 N–H and O–H groups in total. The van der Waals surface area contributed by atoms with Crippen molar-refractivity contribution in [1.29, 1.82) is 5.26 Å². The number of hydrogen-bond acceptors (Lipinski definition) is 7. The number of hydrogen-bond donors (Lipinski definition) is 2. The summed E-state index contributed by atoms with van der Waals surface area (Å²) in [6.45, 7) is 8.80. The quantitative estimate of drug-likeness (QED) is 0.224. The van der Waals surface area contributed by atoms with Crippen molar-refractivity contribution in [2.24, 2.45) is 0 Å². The van der Waals surface area contributed by atoms with Crippen molar-refractivity contribution >= 4 is 11.9 Å². The Hall–Kier alpha value is -5.10. The predicted molar refractivity (Wildman–Crippen MR) is 172 cm³/mol. The lowest BCUT2D eigenvalue weighted by Crippen LogP contribution is -2.46. The van der Waals surface area contributed by atoms with E-state index in [0.29, 0.717) is 65.4 Å². The molecule has 0 saturated carbocycles. The van der Waals surface area contributed by atoms with Gasteiger partial charge in [0.15, 0.2) is 0 Å². The van der Waals surface area contributed by atoms with Crippen molar-refractivity contribution in [3.63, 3.8) is 0 Å². The number of nitrogens with one attached hydrogen (secondary N) is 1. The van der Waals surface area contributed by atoms with Gasteiger partial charge in [-0.3, -0.25) is 0 Å². The molecule has 3 aromatic carbocycles. The molecule has 8 nitrogen and oxygen atoms in total. The van der Waals surface area contributed by atoms with Crippen LogP contribution >= 0.6 is 0 Å². The smallest absolute Gasteiger partial charge is 0.407 e. The normalized spacial score (nSPS) is 13.6. The van der Waals surface area contributed by atoms with Crippen molar-refractivity contribution in [3.05, 3.63) is 95.3 Å². The average Bonchev–Trinajstić information content (AvgIpc) is 3.01. The molecule has 0 bridgehead atoms. The van der Waals surface area contributed by atoms with E-state index >= 15 is 0 Å². The second-order valence-electron chi connectivity index (χ2n) is 12.2. The Labute approximate surface area is 263 Å². The van der Waals surface area contributed by atoms with E-state index in [0.717, 1.165) is 5.56 Å². The number of aromatic hydroxyl groups is 1. The van der Waals surface area contributed by atoms with Crippen LogP contribution in [0.2, 0.25) is 0 Å². The first-order valence-corrected chi connectivity index (χ1v) is 15.0. The summed E-state index contributed by atoms with van der Waals surface area (Å²) < 4.78 is 26.9. The Morgan fingerprint density at radius 3 is 2.42 bits per heavy atom. The lowest BCUT2D eigenvalue weighted by Gasteiger charge is -2.34. The zero-order valence-corrected chi connectivity index (χ0v) is 25.9. The highest BCUT2D eigenvalue weighted by atomic mass is 19.1. The van der Waals surface area contributed by atoms with E-state index in [9.17, 15) is 19.6 Å². The third-order valence-corrected chi connectivity index (χ3v) is 7.61. The van der Waals surface area contributed by atoms with E-state index in [-0.39, 0.29) is 24.0 Å². The van der Waals surface area contributed by atoms with Gasteiger partial charge in [-0.1, -0.05) is 48.5 Å². The maximum atomic E-state index is 15.0. The van der Waals surface area contributed by atoms with Crippen molar-refractivity contribution in [3.8, 4) is 40.0 Å². The van der Waals surface area contributed by atoms with Gasteiger partial charge in [0.1, 0.15) is 41.4 Å². The molecule has 45 heavy (non-hydrogen) atoms. The first-order valence-electron chi connectivity index (χ1n) is 15.0. The van der Waals surface area contributed by atoms with Crippen LogP contribution in [0.4, 0.5) is 15.0 Å². The van der Waals surface area contributed by atoms with Crippen LogP contribution in [-0.2, 0) is 11.3 Å². The van der Waals surface area contributed by atoms with Crippen LogP contribution in [0.1, 0.15) is 50.3 Å². The van der Waals surface area contributed by atoms with Crippen molar-refractivity contribution in [2.45, 2.75) is 58.8 Å². The summed E-state index contributed by atoms with van der Waals surface area (Å²) in [6, 6.07) is 23.2. The maximum absolute atomic E-state index is 15.0. The van der Waals surface area contributed by atoms with E-state index in [1.54, 1.807) is 12.1 Å². The van der Waals surface area contributed by atoms with E-state index in [1.165, 1.54) is 12.1 Å². The number of alkyl carbamates (subject to hydrolysis) is 1. The fraction of sp³-hybridized carbons (Fsp3) is 0.306. The van der Waals surface area contributed by atoms with Gasteiger partial charge in [-0.2, -0.15) is 5.26 Å². The van der Waals surface area contributed by atoms with E-state index in [1.807, 2.05) is 82.3 Å². The predicted octanol–water partition coefficient (Wildman–Crippen LogP) is 7.51.